The lowest BCUT2D eigenvalue weighted by Gasteiger charge is -2.07. The summed E-state index contributed by atoms with van der Waals surface area (Å²) in [6, 6.07) is 11.6. The monoisotopic (exact) mass is 283 g/mol. The first-order chi connectivity index (χ1) is 10.3. The van der Waals surface area contributed by atoms with Crippen LogP contribution >= 0.6 is 0 Å². The Balaban J connectivity index is 1.60. The third-order valence-corrected chi connectivity index (χ3v) is 3.15. The zero-order valence-electron chi connectivity index (χ0n) is 12.3. The van der Waals surface area contributed by atoms with E-state index in [1.807, 2.05) is 49.5 Å². The van der Waals surface area contributed by atoms with Gasteiger partial charge in [-0.1, -0.05) is 23.8 Å². The molecule has 0 spiro atoms. The molecule has 0 unspecified atom stereocenters. The number of amides is 1. The van der Waals surface area contributed by atoms with Crippen LogP contribution in [0.1, 0.15) is 27.9 Å². The lowest BCUT2D eigenvalue weighted by Crippen LogP contribution is -2.27. The summed E-state index contributed by atoms with van der Waals surface area (Å²) in [5.41, 5.74) is 2.99. The summed E-state index contributed by atoms with van der Waals surface area (Å²) in [5.74, 6) is -0.00837. The fourth-order valence-electron chi connectivity index (χ4n) is 2.04. The van der Waals surface area contributed by atoms with E-state index in [9.17, 15) is 4.79 Å². The zero-order valence-corrected chi connectivity index (χ0v) is 12.3. The Hall–Kier alpha value is -2.20. The van der Waals surface area contributed by atoms with Crippen molar-refractivity contribution in [2.75, 3.05) is 13.1 Å². The van der Waals surface area contributed by atoms with E-state index in [4.69, 9.17) is 0 Å². The molecule has 0 aliphatic heterocycles. The second-order valence-electron chi connectivity index (χ2n) is 5.02. The normalized spacial score (nSPS) is 10.3. The highest BCUT2D eigenvalue weighted by atomic mass is 16.1. The van der Waals surface area contributed by atoms with Crippen molar-refractivity contribution < 1.29 is 4.79 Å². The highest BCUT2D eigenvalue weighted by Crippen LogP contribution is 2.03. The average molecular weight is 283 g/mol. The molecule has 0 fully saturated rings. The van der Waals surface area contributed by atoms with E-state index < -0.39 is 0 Å². The smallest absolute Gasteiger partial charge is 0.251 e. The molecule has 110 valence electrons. The van der Waals surface area contributed by atoms with Gasteiger partial charge in [-0.3, -0.25) is 9.78 Å². The van der Waals surface area contributed by atoms with Crippen LogP contribution in [0.4, 0.5) is 0 Å². The summed E-state index contributed by atoms with van der Waals surface area (Å²) < 4.78 is 0. The molecule has 1 amide bonds. The molecular weight excluding hydrogens is 262 g/mol. The van der Waals surface area contributed by atoms with Crippen LogP contribution in [0.15, 0.2) is 48.8 Å². The van der Waals surface area contributed by atoms with Gasteiger partial charge in [0.05, 0.1) is 0 Å². The highest BCUT2D eigenvalue weighted by molar-refractivity contribution is 5.94. The van der Waals surface area contributed by atoms with Crippen LogP contribution in [0.3, 0.4) is 0 Å². The Kier molecular flexibility index (Phi) is 5.91. The van der Waals surface area contributed by atoms with Crippen LogP contribution in [0, 0.1) is 6.92 Å². The zero-order chi connectivity index (χ0) is 14.9. The van der Waals surface area contributed by atoms with E-state index >= 15 is 0 Å². The number of nitrogens with one attached hydrogen (secondary N) is 2. The van der Waals surface area contributed by atoms with Gasteiger partial charge >= 0.3 is 0 Å². The summed E-state index contributed by atoms with van der Waals surface area (Å²) in [4.78, 5) is 16.0. The van der Waals surface area contributed by atoms with Crippen molar-refractivity contribution in [3.63, 3.8) is 0 Å². The minimum atomic E-state index is -0.00837. The highest BCUT2D eigenvalue weighted by Gasteiger charge is 2.03. The van der Waals surface area contributed by atoms with Gasteiger partial charge in [-0.05, 0) is 43.7 Å². The lowest BCUT2D eigenvalue weighted by atomic mass is 10.1. The molecule has 2 aromatic rings. The van der Waals surface area contributed by atoms with Crippen LogP contribution in [-0.4, -0.2) is 24.0 Å². The molecule has 1 aromatic heterocycles. The van der Waals surface area contributed by atoms with E-state index in [1.165, 1.54) is 5.56 Å². The Morgan fingerprint density at radius 2 is 2.10 bits per heavy atom. The van der Waals surface area contributed by atoms with E-state index in [0.717, 1.165) is 30.6 Å². The van der Waals surface area contributed by atoms with Crippen LogP contribution in [0.2, 0.25) is 0 Å². The number of rotatable bonds is 7. The molecular formula is C17H21N3O. The first-order valence-electron chi connectivity index (χ1n) is 7.20. The molecule has 0 radical (unpaired) electrons. The van der Waals surface area contributed by atoms with Gasteiger partial charge < -0.3 is 10.6 Å². The topological polar surface area (TPSA) is 54.0 Å². The second-order valence-corrected chi connectivity index (χ2v) is 5.02. The number of carbonyl (C=O) groups is 1. The maximum atomic E-state index is 11.9. The molecule has 1 heterocycles. The number of pyridine rings is 1. The number of aryl methyl sites for hydroxylation is 1. The number of nitrogens with zero attached hydrogens (tertiary/aromatic N) is 1. The van der Waals surface area contributed by atoms with Gasteiger partial charge in [0.15, 0.2) is 0 Å². The summed E-state index contributed by atoms with van der Waals surface area (Å²) in [6.45, 7) is 4.33. The van der Waals surface area contributed by atoms with Gasteiger partial charge in [0, 0.05) is 31.0 Å². The minimum absolute atomic E-state index is 0.00837. The van der Waals surface area contributed by atoms with Crippen molar-refractivity contribution in [3.8, 4) is 0 Å². The van der Waals surface area contributed by atoms with Crippen molar-refractivity contribution in [1.82, 2.24) is 15.6 Å². The third-order valence-electron chi connectivity index (χ3n) is 3.15. The van der Waals surface area contributed by atoms with Crippen LogP contribution in [-0.2, 0) is 6.54 Å². The summed E-state index contributed by atoms with van der Waals surface area (Å²) in [6.07, 6.45) is 4.52. The molecule has 0 saturated carbocycles. The van der Waals surface area contributed by atoms with Gasteiger partial charge in [-0.25, -0.2) is 0 Å². The first kappa shape index (κ1) is 15.2. The standard InChI is InChI=1S/C17H21N3O/c1-14-5-2-7-16(11-14)17(21)20-10-4-9-19-13-15-6-3-8-18-12-15/h2-3,5-8,11-12,19H,4,9-10,13H2,1H3,(H,20,21). The minimum Gasteiger partial charge on any atom is -0.352 e. The van der Waals surface area contributed by atoms with E-state index in [2.05, 4.69) is 15.6 Å². The van der Waals surface area contributed by atoms with Crippen molar-refractivity contribution in [2.45, 2.75) is 19.9 Å². The Morgan fingerprint density at radius 1 is 1.19 bits per heavy atom. The molecule has 21 heavy (non-hydrogen) atoms. The summed E-state index contributed by atoms with van der Waals surface area (Å²) >= 11 is 0. The lowest BCUT2D eigenvalue weighted by molar-refractivity contribution is 0.0953. The van der Waals surface area contributed by atoms with E-state index in [0.29, 0.717) is 6.54 Å². The Morgan fingerprint density at radius 3 is 2.86 bits per heavy atom. The number of benzene rings is 1. The van der Waals surface area contributed by atoms with Crippen molar-refractivity contribution in [1.29, 1.82) is 0 Å². The predicted octanol–water partition coefficient (Wildman–Crippen LogP) is 2.30. The van der Waals surface area contributed by atoms with Gasteiger partial charge in [0.2, 0.25) is 0 Å². The fourth-order valence-corrected chi connectivity index (χ4v) is 2.04. The molecule has 0 saturated heterocycles. The molecule has 4 nitrogen and oxygen atoms in total. The van der Waals surface area contributed by atoms with Gasteiger partial charge in [-0.15, -0.1) is 0 Å². The van der Waals surface area contributed by atoms with E-state index in [1.54, 1.807) is 6.20 Å². The van der Waals surface area contributed by atoms with Gasteiger partial charge in [0.1, 0.15) is 0 Å². The Bertz CT molecular complexity index is 569. The maximum Gasteiger partial charge on any atom is 0.251 e. The predicted molar refractivity (Wildman–Crippen MR) is 84.1 cm³/mol. The molecule has 0 bridgehead atoms. The molecule has 0 atom stereocenters. The van der Waals surface area contributed by atoms with Crippen molar-refractivity contribution >= 4 is 5.91 Å². The SMILES string of the molecule is Cc1cccc(C(=O)NCCCNCc2cccnc2)c1. The fraction of sp³-hybridized carbons (Fsp3) is 0.294. The molecule has 1 aromatic carbocycles. The second kappa shape index (κ2) is 8.17. The third kappa shape index (κ3) is 5.36. The maximum absolute atomic E-state index is 11.9. The van der Waals surface area contributed by atoms with Gasteiger partial charge in [-0.2, -0.15) is 0 Å². The summed E-state index contributed by atoms with van der Waals surface area (Å²) in [5, 5.41) is 6.27. The molecule has 2 rings (SSSR count). The largest absolute Gasteiger partial charge is 0.352 e. The van der Waals surface area contributed by atoms with Crippen LogP contribution in [0.5, 0.6) is 0 Å². The number of aromatic nitrogens is 1. The van der Waals surface area contributed by atoms with Crippen molar-refractivity contribution in [2.24, 2.45) is 0 Å². The van der Waals surface area contributed by atoms with Crippen LogP contribution in [0.25, 0.3) is 0 Å². The Labute approximate surface area is 125 Å². The molecule has 0 aliphatic carbocycles. The van der Waals surface area contributed by atoms with Gasteiger partial charge in [0.25, 0.3) is 5.91 Å². The molecule has 0 aliphatic rings. The van der Waals surface area contributed by atoms with Crippen molar-refractivity contribution in [3.05, 3.63) is 65.5 Å². The first-order valence-corrected chi connectivity index (χ1v) is 7.20. The van der Waals surface area contributed by atoms with Crippen LogP contribution < -0.4 is 10.6 Å². The van der Waals surface area contributed by atoms with E-state index in [-0.39, 0.29) is 5.91 Å². The molecule has 2 N–H and O–H groups in total. The number of carbonyl (C=O) groups excluding carboxylic acids is 1. The number of hydrogen-bond donors (Lipinski definition) is 2. The molecule has 4 heteroatoms. The summed E-state index contributed by atoms with van der Waals surface area (Å²) in [7, 11) is 0. The number of hydrogen-bond acceptors (Lipinski definition) is 3. The average Bonchev–Trinajstić information content (AvgIpc) is 2.51. The quantitative estimate of drug-likeness (QED) is 0.767.